The fourth-order valence-electron chi connectivity index (χ4n) is 2.73. The van der Waals surface area contributed by atoms with Crippen molar-refractivity contribution >= 4 is 45.6 Å². The molecule has 1 N–H and O–H groups in total. The van der Waals surface area contributed by atoms with E-state index in [1.807, 2.05) is 13.0 Å². The van der Waals surface area contributed by atoms with Crippen LogP contribution in [0.5, 0.6) is 0 Å². The highest BCUT2D eigenvalue weighted by Gasteiger charge is 2.19. The molecule has 1 amide bonds. The molecule has 0 aliphatic rings. The van der Waals surface area contributed by atoms with E-state index >= 15 is 0 Å². The molecule has 7 nitrogen and oxygen atoms in total. The number of thiophene rings is 1. The number of hydrogen-bond acceptors (Lipinski definition) is 5. The Labute approximate surface area is 163 Å². The molecule has 0 aliphatic carbocycles. The van der Waals surface area contributed by atoms with Gasteiger partial charge in [-0.15, -0.1) is 11.3 Å². The lowest BCUT2D eigenvalue weighted by atomic mass is 10.1. The first-order valence-corrected chi connectivity index (χ1v) is 9.35. The lowest BCUT2D eigenvalue weighted by Gasteiger charge is -2.20. The second-order valence-electron chi connectivity index (χ2n) is 5.78. The second-order valence-corrected chi connectivity index (χ2v) is 7.58. The molecule has 9 heteroatoms. The lowest BCUT2D eigenvalue weighted by Crippen LogP contribution is -2.37. The van der Waals surface area contributed by atoms with E-state index in [1.165, 1.54) is 23.5 Å². The number of fused-ring (bicyclic) bond motifs is 1. The fraction of sp³-hybridized carbons (Fsp3) is 0.222. The minimum absolute atomic E-state index is 0.214. The number of hydrogen-bond donors (Lipinski definition) is 1. The number of carbonyl (C=O) groups excluding carboxylic acids is 1. The third-order valence-electron chi connectivity index (χ3n) is 4.07. The van der Waals surface area contributed by atoms with Crippen LogP contribution in [0.1, 0.15) is 22.3 Å². The van der Waals surface area contributed by atoms with Crippen molar-refractivity contribution in [2.45, 2.75) is 20.0 Å². The maximum atomic E-state index is 12.7. The predicted molar refractivity (Wildman–Crippen MR) is 103 cm³/mol. The maximum Gasteiger partial charge on any atom is 0.357 e. The summed E-state index contributed by atoms with van der Waals surface area (Å²) in [4.78, 5) is 39.3. The number of amides is 1. The van der Waals surface area contributed by atoms with Gasteiger partial charge in [-0.05, 0) is 25.1 Å². The zero-order valence-corrected chi connectivity index (χ0v) is 16.0. The Morgan fingerprint density at radius 3 is 2.52 bits per heavy atom. The molecule has 0 aliphatic heterocycles. The predicted octanol–water partition coefficient (Wildman–Crippen LogP) is 2.86. The first-order chi connectivity index (χ1) is 12.9. The van der Waals surface area contributed by atoms with E-state index in [4.69, 9.17) is 11.6 Å². The third-order valence-corrected chi connectivity index (χ3v) is 5.28. The van der Waals surface area contributed by atoms with E-state index in [2.05, 4.69) is 5.10 Å². The number of carbonyl (C=O) groups is 2. The van der Waals surface area contributed by atoms with Gasteiger partial charge in [0.25, 0.3) is 5.56 Å². The molecule has 0 radical (unpaired) electrons. The van der Waals surface area contributed by atoms with E-state index in [0.717, 1.165) is 9.56 Å². The number of halogens is 1. The molecular formula is C18H16ClN3O4S. The lowest BCUT2D eigenvalue weighted by molar-refractivity contribution is -0.132. The minimum Gasteiger partial charge on any atom is -0.476 e. The van der Waals surface area contributed by atoms with Crippen LogP contribution in [0.25, 0.3) is 10.8 Å². The van der Waals surface area contributed by atoms with E-state index < -0.39 is 11.5 Å². The molecule has 27 heavy (non-hydrogen) atoms. The Morgan fingerprint density at radius 1 is 1.22 bits per heavy atom. The number of aromatic carboxylic acids is 1. The number of nitrogens with zero attached hydrogens (tertiary/aromatic N) is 3. The van der Waals surface area contributed by atoms with E-state index in [-0.39, 0.29) is 28.9 Å². The second kappa shape index (κ2) is 7.89. The van der Waals surface area contributed by atoms with Crippen molar-refractivity contribution in [3.8, 4) is 0 Å². The maximum absolute atomic E-state index is 12.7. The molecule has 0 bridgehead atoms. The average Bonchev–Trinajstić information content (AvgIpc) is 3.06. The highest BCUT2D eigenvalue weighted by molar-refractivity contribution is 7.16. The SMILES string of the molecule is CCN(Cc1ccc(Cl)s1)C(=O)Cn1nc(C(=O)O)c2ccccc2c1=O. The van der Waals surface area contributed by atoms with Crippen molar-refractivity contribution in [1.82, 2.24) is 14.7 Å². The summed E-state index contributed by atoms with van der Waals surface area (Å²) in [6, 6.07) is 9.92. The van der Waals surface area contributed by atoms with E-state index in [1.54, 1.807) is 23.1 Å². The van der Waals surface area contributed by atoms with Crippen molar-refractivity contribution in [3.05, 3.63) is 61.7 Å². The standard InChI is InChI=1S/C18H16ClN3O4S/c1-2-21(9-11-7-8-14(19)27-11)15(23)10-22-17(24)13-6-4-3-5-12(13)16(20-22)18(25)26/h3-8H,2,9-10H2,1H3,(H,25,26). The highest BCUT2D eigenvalue weighted by atomic mass is 35.5. The van der Waals surface area contributed by atoms with Crippen LogP contribution in [0.3, 0.4) is 0 Å². The van der Waals surface area contributed by atoms with Gasteiger partial charge in [0.15, 0.2) is 5.69 Å². The Balaban J connectivity index is 1.93. The third kappa shape index (κ3) is 4.01. The summed E-state index contributed by atoms with van der Waals surface area (Å²) < 4.78 is 1.55. The summed E-state index contributed by atoms with van der Waals surface area (Å²) >= 11 is 7.30. The molecule has 0 atom stereocenters. The average molecular weight is 406 g/mol. The molecule has 0 saturated heterocycles. The monoisotopic (exact) mass is 405 g/mol. The van der Waals surface area contributed by atoms with Gasteiger partial charge in [-0.1, -0.05) is 29.8 Å². The van der Waals surface area contributed by atoms with E-state index in [0.29, 0.717) is 17.4 Å². The van der Waals surface area contributed by atoms with Gasteiger partial charge in [0.1, 0.15) is 6.54 Å². The Kier molecular flexibility index (Phi) is 5.57. The zero-order valence-electron chi connectivity index (χ0n) is 14.4. The molecule has 3 aromatic rings. The van der Waals surface area contributed by atoms with Crippen molar-refractivity contribution in [1.29, 1.82) is 0 Å². The van der Waals surface area contributed by atoms with Crippen LogP contribution in [0, 0.1) is 0 Å². The summed E-state index contributed by atoms with van der Waals surface area (Å²) in [5, 5.41) is 13.8. The summed E-state index contributed by atoms with van der Waals surface area (Å²) in [5.74, 6) is -1.59. The van der Waals surface area contributed by atoms with Gasteiger partial charge < -0.3 is 10.0 Å². The first-order valence-electron chi connectivity index (χ1n) is 8.15. The van der Waals surface area contributed by atoms with Crippen LogP contribution in [-0.4, -0.2) is 38.2 Å². The molecule has 3 rings (SSSR count). The van der Waals surface area contributed by atoms with Gasteiger partial charge in [0, 0.05) is 16.8 Å². The van der Waals surface area contributed by atoms with Crippen LogP contribution in [0.15, 0.2) is 41.2 Å². The van der Waals surface area contributed by atoms with Crippen molar-refractivity contribution in [2.24, 2.45) is 0 Å². The Bertz CT molecular complexity index is 1080. The molecule has 0 fully saturated rings. The quantitative estimate of drug-likeness (QED) is 0.680. The molecule has 2 heterocycles. The number of carboxylic acids is 1. The van der Waals surface area contributed by atoms with Gasteiger partial charge >= 0.3 is 5.97 Å². The zero-order chi connectivity index (χ0) is 19.6. The molecule has 1 aromatic carbocycles. The van der Waals surface area contributed by atoms with Crippen molar-refractivity contribution in [3.63, 3.8) is 0 Å². The molecule has 2 aromatic heterocycles. The molecule has 0 unspecified atom stereocenters. The molecule has 0 saturated carbocycles. The number of aromatic nitrogens is 2. The normalized spacial score (nSPS) is 10.9. The van der Waals surface area contributed by atoms with Crippen LogP contribution in [-0.2, 0) is 17.9 Å². The molecule has 0 spiro atoms. The number of rotatable bonds is 6. The number of likely N-dealkylation sites (N-methyl/N-ethyl adjacent to an activating group) is 1. The van der Waals surface area contributed by atoms with Gasteiger partial charge in [0.05, 0.1) is 16.3 Å². The van der Waals surface area contributed by atoms with Gasteiger partial charge in [-0.2, -0.15) is 5.10 Å². The van der Waals surface area contributed by atoms with Crippen LogP contribution >= 0.6 is 22.9 Å². The summed E-state index contributed by atoms with van der Waals surface area (Å²) in [6.07, 6.45) is 0. The van der Waals surface area contributed by atoms with Crippen LogP contribution < -0.4 is 5.56 Å². The van der Waals surface area contributed by atoms with Gasteiger partial charge in [-0.3, -0.25) is 9.59 Å². The molecular weight excluding hydrogens is 390 g/mol. The smallest absolute Gasteiger partial charge is 0.357 e. The summed E-state index contributed by atoms with van der Waals surface area (Å²) in [7, 11) is 0. The number of carboxylic acid groups (broad SMARTS) is 1. The largest absolute Gasteiger partial charge is 0.476 e. The van der Waals surface area contributed by atoms with Crippen molar-refractivity contribution < 1.29 is 14.7 Å². The first kappa shape index (κ1) is 19.1. The van der Waals surface area contributed by atoms with Crippen LogP contribution in [0.4, 0.5) is 0 Å². The van der Waals surface area contributed by atoms with Gasteiger partial charge in [0.2, 0.25) is 5.91 Å². The fourth-order valence-corrected chi connectivity index (χ4v) is 3.83. The van der Waals surface area contributed by atoms with Crippen molar-refractivity contribution in [2.75, 3.05) is 6.54 Å². The topological polar surface area (TPSA) is 92.5 Å². The Morgan fingerprint density at radius 2 is 1.93 bits per heavy atom. The highest BCUT2D eigenvalue weighted by Crippen LogP contribution is 2.22. The van der Waals surface area contributed by atoms with Gasteiger partial charge in [-0.25, -0.2) is 9.48 Å². The summed E-state index contributed by atoms with van der Waals surface area (Å²) in [5.41, 5.74) is -0.759. The van der Waals surface area contributed by atoms with E-state index in [9.17, 15) is 19.5 Å². The minimum atomic E-state index is -1.26. The Hall–Kier alpha value is -2.71. The number of benzene rings is 1. The van der Waals surface area contributed by atoms with Crippen LogP contribution in [0.2, 0.25) is 4.34 Å². The molecule has 140 valence electrons. The summed E-state index contributed by atoms with van der Waals surface area (Å²) in [6.45, 7) is 2.28.